The number of hydrogen-bond acceptors (Lipinski definition) is 4. The second-order valence-electron chi connectivity index (χ2n) is 9.25. The first-order chi connectivity index (χ1) is 12.5. The fraction of sp³-hybridized carbons (Fsp3) is 0.727. The van der Waals surface area contributed by atoms with Crippen LogP contribution < -0.4 is 4.74 Å². The lowest BCUT2D eigenvalue weighted by molar-refractivity contribution is -0.183. The molecule has 3 aliphatic carbocycles. The summed E-state index contributed by atoms with van der Waals surface area (Å²) in [6.07, 6.45) is 7.50. The molecular formula is C22H31NO3. The van der Waals surface area contributed by atoms with Crippen LogP contribution in [-0.4, -0.2) is 47.0 Å². The third kappa shape index (κ3) is 2.03. The molecule has 0 amide bonds. The van der Waals surface area contributed by atoms with Crippen molar-refractivity contribution in [1.29, 1.82) is 0 Å². The molecule has 2 N–H and O–H groups in total. The van der Waals surface area contributed by atoms with Gasteiger partial charge in [0, 0.05) is 23.6 Å². The topological polar surface area (TPSA) is 52.9 Å². The summed E-state index contributed by atoms with van der Waals surface area (Å²) < 4.78 is 5.43. The van der Waals surface area contributed by atoms with Gasteiger partial charge >= 0.3 is 0 Å². The summed E-state index contributed by atoms with van der Waals surface area (Å²) in [5, 5.41) is 23.3. The summed E-state index contributed by atoms with van der Waals surface area (Å²) >= 11 is 0. The molecule has 1 heterocycles. The van der Waals surface area contributed by atoms with Crippen molar-refractivity contribution in [3.63, 3.8) is 0 Å². The van der Waals surface area contributed by atoms with E-state index in [4.69, 9.17) is 4.74 Å². The number of fused-ring (bicyclic) bond motifs is 1. The zero-order chi connectivity index (χ0) is 18.1. The number of ether oxygens (including phenoxy) is 1. The van der Waals surface area contributed by atoms with Gasteiger partial charge in [0.15, 0.2) is 11.5 Å². The first-order valence-corrected chi connectivity index (χ1v) is 10.4. The fourth-order valence-corrected chi connectivity index (χ4v) is 6.67. The molecule has 1 saturated heterocycles. The van der Waals surface area contributed by atoms with Gasteiger partial charge < -0.3 is 14.9 Å². The van der Waals surface area contributed by atoms with Crippen molar-refractivity contribution in [2.24, 2.45) is 11.8 Å². The van der Waals surface area contributed by atoms with E-state index in [9.17, 15) is 10.2 Å². The molecule has 26 heavy (non-hydrogen) atoms. The third-order valence-electron chi connectivity index (χ3n) is 8.09. The number of aromatic hydroxyl groups is 1. The number of hydrogen-bond donors (Lipinski definition) is 2. The second-order valence-corrected chi connectivity index (χ2v) is 9.25. The van der Waals surface area contributed by atoms with Crippen LogP contribution in [0.2, 0.25) is 0 Å². The molecule has 4 aliphatic rings. The highest BCUT2D eigenvalue weighted by atomic mass is 16.5. The molecule has 5 rings (SSSR count). The van der Waals surface area contributed by atoms with Crippen LogP contribution in [0.5, 0.6) is 11.5 Å². The van der Waals surface area contributed by atoms with Crippen molar-refractivity contribution in [1.82, 2.24) is 4.90 Å². The third-order valence-corrected chi connectivity index (χ3v) is 8.09. The highest BCUT2D eigenvalue weighted by Crippen LogP contribution is 2.63. The van der Waals surface area contributed by atoms with Crippen molar-refractivity contribution in [3.8, 4) is 11.5 Å². The number of methoxy groups -OCH3 is 1. The fourth-order valence-electron chi connectivity index (χ4n) is 6.67. The van der Waals surface area contributed by atoms with E-state index in [0.29, 0.717) is 11.7 Å². The van der Waals surface area contributed by atoms with E-state index in [1.165, 1.54) is 18.4 Å². The van der Waals surface area contributed by atoms with E-state index in [2.05, 4.69) is 17.9 Å². The van der Waals surface area contributed by atoms with E-state index in [1.54, 1.807) is 7.11 Å². The molecule has 1 aromatic carbocycles. The molecule has 4 nitrogen and oxygen atoms in total. The molecule has 3 fully saturated rings. The van der Waals surface area contributed by atoms with Gasteiger partial charge in [-0.15, -0.1) is 0 Å². The van der Waals surface area contributed by atoms with Gasteiger partial charge in [-0.1, -0.05) is 19.4 Å². The smallest absolute Gasteiger partial charge is 0.161 e. The summed E-state index contributed by atoms with van der Waals surface area (Å²) in [6.45, 7) is 4.45. The molecular weight excluding hydrogens is 326 g/mol. The van der Waals surface area contributed by atoms with Gasteiger partial charge in [-0.2, -0.15) is 0 Å². The molecule has 4 atom stereocenters. The van der Waals surface area contributed by atoms with Gasteiger partial charge in [-0.05, 0) is 68.5 Å². The summed E-state index contributed by atoms with van der Waals surface area (Å²) in [4.78, 5) is 2.58. The largest absolute Gasteiger partial charge is 0.504 e. The standard InChI is InChI=1S/C22H31NO3/c1-14-4-3-9-22(25)18-12-16-7-8-17(26-2)20(24)19(16)21(14,22)10-11-23(18)13-15-5-6-15/h7-8,14-15,18,24-25H,3-6,9-13H2,1-2H3/t14-,18+,21?,22+/m1/s1. The Kier molecular flexibility index (Phi) is 3.65. The van der Waals surface area contributed by atoms with Crippen molar-refractivity contribution in [3.05, 3.63) is 23.3 Å². The van der Waals surface area contributed by atoms with E-state index in [-0.39, 0.29) is 17.2 Å². The van der Waals surface area contributed by atoms with Crippen molar-refractivity contribution in [2.45, 2.75) is 68.9 Å². The van der Waals surface area contributed by atoms with Gasteiger partial charge in [0.2, 0.25) is 0 Å². The number of nitrogens with zero attached hydrogens (tertiary/aromatic N) is 1. The van der Waals surface area contributed by atoms with Crippen LogP contribution in [0.15, 0.2) is 12.1 Å². The van der Waals surface area contributed by atoms with Crippen molar-refractivity contribution < 1.29 is 14.9 Å². The highest BCUT2D eigenvalue weighted by Gasteiger charge is 2.66. The summed E-state index contributed by atoms with van der Waals surface area (Å²) in [5.74, 6) is 2.00. The van der Waals surface area contributed by atoms with Crippen LogP contribution in [0, 0.1) is 11.8 Å². The maximum absolute atomic E-state index is 12.2. The Labute approximate surface area is 156 Å². The minimum atomic E-state index is -0.741. The molecule has 1 unspecified atom stereocenters. The van der Waals surface area contributed by atoms with Gasteiger partial charge in [-0.3, -0.25) is 4.90 Å². The number of phenolic OH excluding ortho intramolecular Hbond substituents is 1. The molecule has 4 heteroatoms. The Balaban J connectivity index is 1.70. The van der Waals surface area contributed by atoms with Crippen LogP contribution in [-0.2, 0) is 11.8 Å². The highest BCUT2D eigenvalue weighted by molar-refractivity contribution is 5.58. The van der Waals surface area contributed by atoms with Gasteiger partial charge in [0.1, 0.15) is 0 Å². The van der Waals surface area contributed by atoms with Crippen LogP contribution >= 0.6 is 0 Å². The first-order valence-electron chi connectivity index (χ1n) is 10.4. The Morgan fingerprint density at radius 2 is 2.04 bits per heavy atom. The zero-order valence-corrected chi connectivity index (χ0v) is 16.0. The van der Waals surface area contributed by atoms with E-state index in [0.717, 1.165) is 56.7 Å². The molecule has 2 bridgehead atoms. The minimum Gasteiger partial charge on any atom is -0.504 e. The number of phenols is 1. The molecule has 1 aliphatic heterocycles. The average molecular weight is 357 g/mol. The van der Waals surface area contributed by atoms with Crippen molar-refractivity contribution >= 4 is 0 Å². The molecule has 142 valence electrons. The number of benzene rings is 1. The van der Waals surface area contributed by atoms with Crippen LogP contribution in [0.1, 0.15) is 56.6 Å². The molecule has 0 aromatic heterocycles. The summed E-state index contributed by atoms with van der Waals surface area (Å²) in [6, 6.07) is 4.20. The molecule has 0 spiro atoms. The Hall–Kier alpha value is -1.26. The lowest BCUT2D eigenvalue weighted by Crippen LogP contribution is -2.74. The van der Waals surface area contributed by atoms with Gasteiger partial charge in [-0.25, -0.2) is 0 Å². The maximum Gasteiger partial charge on any atom is 0.161 e. The lowest BCUT2D eigenvalue weighted by Gasteiger charge is -2.66. The number of piperidine rings is 1. The van der Waals surface area contributed by atoms with Gasteiger partial charge in [0.05, 0.1) is 12.7 Å². The predicted molar refractivity (Wildman–Crippen MR) is 101 cm³/mol. The van der Waals surface area contributed by atoms with Gasteiger partial charge in [0.25, 0.3) is 0 Å². The molecule has 1 aromatic rings. The number of aliphatic hydroxyl groups is 1. The molecule has 0 radical (unpaired) electrons. The van der Waals surface area contributed by atoms with Crippen LogP contribution in [0.25, 0.3) is 0 Å². The monoisotopic (exact) mass is 357 g/mol. The second kappa shape index (κ2) is 5.62. The van der Waals surface area contributed by atoms with Crippen LogP contribution in [0.3, 0.4) is 0 Å². The van der Waals surface area contributed by atoms with E-state index >= 15 is 0 Å². The SMILES string of the molecule is COc1ccc2c(c1O)C13CCN(CC4CC4)[C@@H](C2)[C@@]1(O)CCC[C@H]3C. The quantitative estimate of drug-likeness (QED) is 0.872. The first kappa shape index (κ1) is 16.9. The van der Waals surface area contributed by atoms with Crippen LogP contribution in [0.4, 0.5) is 0 Å². The Bertz CT molecular complexity index is 730. The Morgan fingerprint density at radius 1 is 1.23 bits per heavy atom. The molecule has 2 saturated carbocycles. The maximum atomic E-state index is 12.2. The number of likely N-dealkylation sites (tertiary alicyclic amines) is 1. The lowest BCUT2D eigenvalue weighted by atomic mass is 9.46. The predicted octanol–water partition coefficient (Wildman–Crippen LogP) is 3.23. The number of rotatable bonds is 3. The zero-order valence-electron chi connectivity index (χ0n) is 16.0. The van der Waals surface area contributed by atoms with E-state index < -0.39 is 5.60 Å². The minimum absolute atomic E-state index is 0.180. The summed E-state index contributed by atoms with van der Waals surface area (Å²) in [5.41, 5.74) is 1.12. The Morgan fingerprint density at radius 3 is 2.77 bits per heavy atom. The average Bonchev–Trinajstić information content (AvgIpc) is 3.42. The normalized spacial score (nSPS) is 39.2. The van der Waals surface area contributed by atoms with E-state index in [1.807, 2.05) is 6.07 Å². The summed E-state index contributed by atoms with van der Waals surface area (Å²) in [7, 11) is 1.61. The van der Waals surface area contributed by atoms with Crippen molar-refractivity contribution in [2.75, 3.05) is 20.2 Å².